The molecule has 0 amide bonds. The lowest BCUT2D eigenvalue weighted by molar-refractivity contribution is 0.360. The van der Waals surface area contributed by atoms with Gasteiger partial charge < -0.3 is 5.11 Å². The summed E-state index contributed by atoms with van der Waals surface area (Å²) in [6.45, 7) is 8.40. The highest BCUT2D eigenvalue weighted by molar-refractivity contribution is 7.92. The van der Waals surface area contributed by atoms with Gasteiger partial charge in [-0.05, 0) is 66.2 Å². The smallest absolute Gasteiger partial charge is 0.353 e. The van der Waals surface area contributed by atoms with Crippen LogP contribution in [0.5, 0.6) is 0 Å². The minimum Gasteiger partial charge on any atom is -0.353 e. The molecule has 0 aliphatic rings. The number of hydrogen-bond acceptors (Lipinski definition) is 4. The van der Waals surface area contributed by atoms with E-state index in [0.29, 0.717) is 12.8 Å². The molecule has 7 heteroatoms. The van der Waals surface area contributed by atoms with Gasteiger partial charge in [-0.15, -0.1) is 0 Å². The first kappa shape index (κ1) is 25.2. The fourth-order valence-electron chi connectivity index (χ4n) is 2.51. The van der Waals surface area contributed by atoms with E-state index in [2.05, 4.69) is 39.0 Å². The van der Waals surface area contributed by atoms with Crippen molar-refractivity contribution in [2.24, 2.45) is 0 Å². The number of hydrogen-bond donors (Lipinski definition) is 2. The van der Waals surface area contributed by atoms with Crippen LogP contribution in [0.1, 0.15) is 72.6 Å². The molecule has 150 valence electrons. The number of allylic oxidation sites excluding steroid dienone is 6. The van der Waals surface area contributed by atoms with Crippen molar-refractivity contribution in [1.82, 2.24) is 0 Å². The van der Waals surface area contributed by atoms with Gasteiger partial charge >= 0.3 is 17.9 Å². The fraction of sp³-hybridized carbons (Fsp3) is 0.684. The average molecular weight is 406 g/mol. The lowest BCUT2D eigenvalue weighted by atomic mass is 10.1. The van der Waals surface area contributed by atoms with Crippen molar-refractivity contribution in [3.63, 3.8) is 0 Å². The summed E-state index contributed by atoms with van der Waals surface area (Å²) in [5, 5.41) is 8.86. The Morgan fingerprint density at radius 2 is 1.46 bits per heavy atom. The monoisotopic (exact) mass is 405 g/mol. The van der Waals surface area contributed by atoms with Crippen LogP contribution in [0.15, 0.2) is 34.9 Å². The van der Waals surface area contributed by atoms with E-state index in [4.69, 9.17) is 9.66 Å². The number of unbranched alkanes of at least 4 members (excludes halogenated alkanes) is 1. The van der Waals surface area contributed by atoms with Gasteiger partial charge in [-0.25, -0.2) is 0 Å². The molecule has 5 nitrogen and oxygen atoms in total. The summed E-state index contributed by atoms with van der Waals surface area (Å²) in [6.07, 6.45) is 11.2. The summed E-state index contributed by atoms with van der Waals surface area (Å²) in [6, 6.07) is 0. The van der Waals surface area contributed by atoms with Crippen LogP contribution < -0.4 is 0 Å². The summed E-state index contributed by atoms with van der Waals surface area (Å²) in [5.74, 6) is 0. The SMILES string of the molecule is CC(C)=CCC/C(C)=C/CC/C(C)=C/CCCC([P+](=O)CO)S(=O)(=O)O. The first-order valence-electron chi connectivity index (χ1n) is 9.03. The molecular weight excluding hydrogens is 371 g/mol. The van der Waals surface area contributed by atoms with E-state index < -0.39 is 29.3 Å². The molecule has 0 aromatic rings. The van der Waals surface area contributed by atoms with Crippen molar-refractivity contribution in [3.8, 4) is 0 Å². The number of aliphatic hydroxyl groups is 1. The zero-order valence-corrected chi connectivity index (χ0v) is 18.2. The Balaban J connectivity index is 4.25. The molecule has 0 bridgehead atoms. The second-order valence-electron chi connectivity index (χ2n) is 6.92. The molecule has 0 radical (unpaired) electrons. The molecule has 0 saturated heterocycles. The van der Waals surface area contributed by atoms with Crippen LogP contribution in [0.4, 0.5) is 0 Å². The Bertz CT molecular complexity index is 628. The summed E-state index contributed by atoms with van der Waals surface area (Å²) in [7, 11) is -6.74. The average Bonchev–Trinajstić information content (AvgIpc) is 2.52. The van der Waals surface area contributed by atoms with Gasteiger partial charge in [-0.2, -0.15) is 8.42 Å². The first-order valence-corrected chi connectivity index (χ1v) is 12.0. The van der Waals surface area contributed by atoms with Gasteiger partial charge in [0.05, 0.1) is 0 Å². The van der Waals surface area contributed by atoms with Crippen LogP contribution in [0.3, 0.4) is 0 Å². The van der Waals surface area contributed by atoms with E-state index in [0.717, 1.165) is 25.7 Å². The topological polar surface area (TPSA) is 91.7 Å². The summed E-state index contributed by atoms with van der Waals surface area (Å²) in [5.41, 5.74) is 3.96. The summed E-state index contributed by atoms with van der Waals surface area (Å²) in [4.78, 5) is -1.37. The molecule has 0 aliphatic carbocycles. The maximum atomic E-state index is 11.5. The minimum atomic E-state index is -4.39. The molecule has 0 spiro atoms. The van der Waals surface area contributed by atoms with Crippen LogP contribution in [0.25, 0.3) is 0 Å². The molecule has 0 heterocycles. The van der Waals surface area contributed by atoms with Gasteiger partial charge in [0.2, 0.25) is 6.35 Å². The molecule has 0 saturated carbocycles. The summed E-state index contributed by atoms with van der Waals surface area (Å²) >= 11 is 0. The minimum absolute atomic E-state index is 0.0851. The Labute approximate surface area is 159 Å². The lowest BCUT2D eigenvalue weighted by Gasteiger charge is -2.04. The van der Waals surface area contributed by atoms with E-state index in [1.807, 2.05) is 6.92 Å². The van der Waals surface area contributed by atoms with Crippen molar-refractivity contribution in [3.05, 3.63) is 34.9 Å². The Morgan fingerprint density at radius 3 is 1.92 bits per heavy atom. The molecule has 2 atom stereocenters. The molecular formula is C19H34O5PS+. The quantitative estimate of drug-likeness (QED) is 0.181. The van der Waals surface area contributed by atoms with E-state index in [-0.39, 0.29) is 6.42 Å². The van der Waals surface area contributed by atoms with Crippen LogP contribution in [0, 0.1) is 0 Å². The lowest BCUT2D eigenvalue weighted by Crippen LogP contribution is -2.17. The predicted molar refractivity (Wildman–Crippen MR) is 109 cm³/mol. The van der Waals surface area contributed by atoms with Gasteiger partial charge in [0.15, 0.2) is 0 Å². The van der Waals surface area contributed by atoms with E-state index in [1.165, 1.54) is 16.7 Å². The Kier molecular flexibility index (Phi) is 13.0. The van der Waals surface area contributed by atoms with Crippen molar-refractivity contribution in [2.45, 2.75) is 77.6 Å². The van der Waals surface area contributed by atoms with E-state index >= 15 is 0 Å². The van der Waals surface area contributed by atoms with Gasteiger partial charge in [0.25, 0.3) is 4.99 Å². The van der Waals surface area contributed by atoms with Gasteiger partial charge in [-0.1, -0.05) is 39.5 Å². The normalized spacial score (nSPS) is 14.9. The van der Waals surface area contributed by atoms with Crippen molar-refractivity contribution >= 4 is 17.9 Å². The van der Waals surface area contributed by atoms with E-state index in [1.54, 1.807) is 0 Å². The molecule has 2 N–H and O–H groups in total. The number of aliphatic hydroxyl groups excluding tert-OH is 1. The maximum absolute atomic E-state index is 11.5. The third kappa shape index (κ3) is 12.5. The second kappa shape index (κ2) is 13.4. The molecule has 0 aromatic carbocycles. The maximum Gasteiger partial charge on any atom is 0.388 e. The van der Waals surface area contributed by atoms with Crippen LogP contribution in [0.2, 0.25) is 0 Å². The Morgan fingerprint density at radius 1 is 0.962 bits per heavy atom. The summed E-state index contributed by atoms with van der Waals surface area (Å²) < 4.78 is 43.1. The molecule has 0 aliphatic heterocycles. The molecule has 0 aromatic heterocycles. The first-order chi connectivity index (χ1) is 12.1. The molecule has 0 rings (SSSR count). The van der Waals surface area contributed by atoms with Gasteiger partial charge in [0, 0.05) is 6.42 Å². The van der Waals surface area contributed by atoms with Crippen molar-refractivity contribution in [2.75, 3.05) is 6.35 Å². The van der Waals surface area contributed by atoms with Crippen LogP contribution >= 0.6 is 7.80 Å². The largest absolute Gasteiger partial charge is 0.388 e. The molecule has 0 fully saturated rings. The highest BCUT2D eigenvalue weighted by atomic mass is 32.2. The molecule has 2 unspecified atom stereocenters. The third-order valence-corrected chi connectivity index (χ3v) is 7.68. The third-order valence-electron chi connectivity index (χ3n) is 4.08. The van der Waals surface area contributed by atoms with Crippen molar-refractivity contribution in [1.29, 1.82) is 0 Å². The van der Waals surface area contributed by atoms with Crippen LogP contribution in [-0.2, 0) is 14.7 Å². The highest BCUT2D eigenvalue weighted by Gasteiger charge is 2.39. The van der Waals surface area contributed by atoms with Crippen molar-refractivity contribution < 1.29 is 22.6 Å². The predicted octanol–water partition coefficient (Wildman–Crippen LogP) is 5.57. The zero-order valence-electron chi connectivity index (χ0n) is 16.4. The second-order valence-corrected chi connectivity index (χ2v) is 10.6. The molecule has 26 heavy (non-hydrogen) atoms. The van der Waals surface area contributed by atoms with Crippen LogP contribution in [-0.4, -0.2) is 29.4 Å². The standard InChI is InChI=1S/C19H33O5PS/c1-16(2)9-7-11-18(4)13-8-12-17(3)10-5-6-14-19(25(21)15-20)26(22,23)24/h9-10,13,19-20H,5-8,11-12,14-15H2,1-4H3/p+1/b17-10+,18-13+. The zero-order chi connectivity index (χ0) is 20.2. The van der Waals surface area contributed by atoms with E-state index in [9.17, 15) is 13.0 Å². The number of rotatable bonds is 13. The Hall–Kier alpha value is -0.810. The van der Waals surface area contributed by atoms with Gasteiger partial charge in [-0.3, -0.25) is 4.55 Å². The van der Waals surface area contributed by atoms with Gasteiger partial charge in [0.1, 0.15) is 0 Å². The fourth-order valence-corrected chi connectivity index (χ4v) is 5.02. The highest BCUT2D eigenvalue weighted by Crippen LogP contribution is 2.34.